The maximum absolute atomic E-state index is 12.6. The zero-order valence-corrected chi connectivity index (χ0v) is 14.9. The molecule has 0 unspecified atom stereocenters. The summed E-state index contributed by atoms with van der Waals surface area (Å²) in [7, 11) is 0. The normalized spacial score (nSPS) is 15.7. The van der Waals surface area contributed by atoms with Gasteiger partial charge in [-0.25, -0.2) is 0 Å². The van der Waals surface area contributed by atoms with Gasteiger partial charge in [0.05, 0.1) is 11.1 Å². The fourth-order valence-corrected chi connectivity index (χ4v) is 3.23. The lowest BCUT2D eigenvalue weighted by atomic mass is 10.1. The van der Waals surface area contributed by atoms with Crippen molar-refractivity contribution in [1.82, 2.24) is 10.2 Å². The summed E-state index contributed by atoms with van der Waals surface area (Å²) in [6.07, 6.45) is 0. The molecule has 27 heavy (non-hydrogen) atoms. The third-order valence-corrected chi connectivity index (χ3v) is 4.74. The molecule has 7 heteroatoms. The van der Waals surface area contributed by atoms with E-state index in [1.807, 2.05) is 13.0 Å². The van der Waals surface area contributed by atoms with Crippen LogP contribution >= 0.6 is 0 Å². The van der Waals surface area contributed by atoms with Crippen LogP contribution in [-0.4, -0.2) is 35.5 Å². The minimum Gasteiger partial charge on any atom is -0.454 e. The molecule has 0 saturated heterocycles. The van der Waals surface area contributed by atoms with Crippen molar-refractivity contribution in [3.63, 3.8) is 0 Å². The lowest BCUT2D eigenvalue weighted by Crippen LogP contribution is -2.47. The van der Waals surface area contributed by atoms with Gasteiger partial charge in [0.15, 0.2) is 11.5 Å². The van der Waals surface area contributed by atoms with Gasteiger partial charge in [0, 0.05) is 6.54 Å². The Morgan fingerprint density at radius 1 is 1.07 bits per heavy atom. The molecule has 0 radical (unpaired) electrons. The Kier molecular flexibility index (Phi) is 4.07. The van der Waals surface area contributed by atoms with E-state index in [-0.39, 0.29) is 13.3 Å². The van der Waals surface area contributed by atoms with Crippen LogP contribution in [0, 0.1) is 6.92 Å². The Morgan fingerprint density at radius 3 is 2.63 bits per heavy atom. The van der Waals surface area contributed by atoms with Crippen LogP contribution in [-0.2, 0) is 11.3 Å². The second-order valence-corrected chi connectivity index (χ2v) is 6.61. The zero-order chi connectivity index (χ0) is 19.1. The molecule has 7 nitrogen and oxygen atoms in total. The third-order valence-electron chi connectivity index (χ3n) is 4.74. The lowest BCUT2D eigenvalue weighted by molar-refractivity contribution is -0.124. The average Bonchev–Trinajstić information content (AvgIpc) is 3.22. The van der Waals surface area contributed by atoms with Gasteiger partial charge in [0.2, 0.25) is 12.7 Å². The zero-order valence-electron chi connectivity index (χ0n) is 14.9. The number of aryl methyl sites for hydroxylation is 1. The number of rotatable bonds is 4. The van der Waals surface area contributed by atoms with Crippen LogP contribution < -0.4 is 14.8 Å². The predicted octanol–water partition coefficient (Wildman–Crippen LogP) is 2.02. The molecule has 2 aromatic rings. The SMILES string of the molecule is Cc1ccc2c(c1)C(=O)N([C@@H](C)C(=O)NCc1ccc3c(c1)OCO3)C2=O. The molecule has 1 N–H and O–H groups in total. The second kappa shape index (κ2) is 6.42. The highest BCUT2D eigenvalue weighted by Gasteiger charge is 2.40. The van der Waals surface area contributed by atoms with Crippen LogP contribution in [0.3, 0.4) is 0 Å². The molecule has 1 atom stereocenters. The van der Waals surface area contributed by atoms with Gasteiger partial charge in [-0.05, 0) is 43.7 Å². The highest BCUT2D eigenvalue weighted by atomic mass is 16.7. The van der Waals surface area contributed by atoms with E-state index >= 15 is 0 Å². The van der Waals surface area contributed by atoms with Crippen molar-refractivity contribution in [3.05, 3.63) is 58.7 Å². The Morgan fingerprint density at radius 2 is 1.81 bits per heavy atom. The van der Waals surface area contributed by atoms with Gasteiger partial charge in [-0.2, -0.15) is 0 Å². The Balaban J connectivity index is 1.45. The van der Waals surface area contributed by atoms with Gasteiger partial charge in [-0.15, -0.1) is 0 Å². The minimum absolute atomic E-state index is 0.182. The van der Waals surface area contributed by atoms with E-state index in [4.69, 9.17) is 9.47 Å². The first-order valence-corrected chi connectivity index (χ1v) is 8.60. The number of carbonyl (C=O) groups is 3. The van der Waals surface area contributed by atoms with Crippen LogP contribution in [0.1, 0.15) is 38.8 Å². The highest BCUT2D eigenvalue weighted by Crippen LogP contribution is 2.32. The number of nitrogens with one attached hydrogen (secondary N) is 1. The van der Waals surface area contributed by atoms with Gasteiger partial charge < -0.3 is 14.8 Å². The van der Waals surface area contributed by atoms with E-state index < -0.39 is 23.8 Å². The fourth-order valence-electron chi connectivity index (χ4n) is 3.23. The molecule has 138 valence electrons. The van der Waals surface area contributed by atoms with Crippen molar-refractivity contribution >= 4 is 17.7 Å². The molecule has 2 heterocycles. The number of hydrogen-bond donors (Lipinski definition) is 1. The Labute approximate surface area is 155 Å². The smallest absolute Gasteiger partial charge is 0.262 e. The number of fused-ring (bicyclic) bond motifs is 2. The maximum atomic E-state index is 12.6. The third kappa shape index (κ3) is 2.91. The van der Waals surface area contributed by atoms with Crippen molar-refractivity contribution in [2.24, 2.45) is 0 Å². The lowest BCUT2D eigenvalue weighted by Gasteiger charge is -2.21. The van der Waals surface area contributed by atoms with E-state index in [0.717, 1.165) is 16.0 Å². The summed E-state index contributed by atoms with van der Waals surface area (Å²) in [5.41, 5.74) is 2.39. The summed E-state index contributed by atoms with van der Waals surface area (Å²) in [4.78, 5) is 38.7. The predicted molar refractivity (Wildman–Crippen MR) is 95.6 cm³/mol. The number of carbonyl (C=O) groups excluding carboxylic acids is 3. The van der Waals surface area contributed by atoms with E-state index in [0.29, 0.717) is 22.6 Å². The quantitative estimate of drug-likeness (QED) is 0.837. The molecule has 0 fully saturated rings. The summed E-state index contributed by atoms with van der Waals surface area (Å²) >= 11 is 0. The number of nitrogens with zero attached hydrogens (tertiary/aromatic N) is 1. The van der Waals surface area contributed by atoms with Crippen molar-refractivity contribution < 1.29 is 23.9 Å². The molecule has 4 rings (SSSR count). The second-order valence-electron chi connectivity index (χ2n) is 6.61. The largest absolute Gasteiger partial charge is 0.454 e. The van der Waals surface area contributed by atoms with E-state index in [1.54, 1.807) is 37.3 Å². The minimum atomic E-state index is -0.910. The van der Waals surface area contributed by atoms with Crippen LogP contribution in [0.25, 0.3) is 0 Å². The molecule has 0 spiro atoms. The molecule has 2 aliphatic rings. The number of ether oxygens (including phenoxy) is 2. The maximum Gasteiger partial charge on any atom is 0.262 e. The molecule has 0 bridgehead atoms. The van der Waals surface area contributed by atoms with Gasteiger partial charge >= 0.3 is 0 Å². The Hall–Kier alpha value is -3.35. The van der Waals surface area contributed by atoms with Crippen LogP contribution in [0.15, 0.2) is 36.4 Å². The average molecular weight is 366 g/mol. The van der Waals surface area contributed by atoms with Crippen LogP contribution in [0.4, 0.5) is 0 Å². The summed E-state index contributed by atoms with van der Waals surface area (Å²) in [5.74, 6) is 0.00864. The van der Waals surface area contributed by atoms with Crippen molar-refractivity contribution in [1.29, 1.82) is 0 Å². The van der Waals surface area contributed by atoms with Crippen molar-refractivity contribution in [2.75, 3.05) is 6.79 Å². The molecule has 3 amide bonds. The number of hydrogen-bond acceptors (Lipinski definition) is 5. The monoisotopic (exact) mass is 366 g/mol. The first kappa shape index (κ1) is 17.1. The van der Waals surface area contributed by atoms with Crippen LogP contribution in [0.2, 0.25) is 0 Å². The highest BCUT2D eigenvalue weighted by molar-refractivity contribution is 6.22. The van der Waals surface area contributed by atoms with Crippen LogP contribution in [0.5, 0.6) is 11.5 Å². The molecular formula is C20H18N2O5. The standard InChI is InChI=1S/C20H18N2O5/c1-11-3-5-14-15(7-11)20(25)22(19(14)24)12(2)18(23)21-9-13-4-6-16-17(8-13)27-10-26-16/h3-8,12H,9-10H2,1-2H3,(H,21,23)/t12-/m0/s1. The van der Waals surface area contributed by atoms with Gasteiger partial charge in [0.1, 0.15) is 6.04 Å². The summed E-state index contributed by atoms with van der Waals surface area (Å²) in [6, 6.07) is 9.56. The first-order valence-electron chi connectivity index (χ1n) is 8.60. The van der Waals surface area contributed by atoms with E-state index in [9.17, 15) is 14.4 Å². The first-order chi connectivity index (χ1) is 13.0. The summed E-state index contributed by atoms with van der Waals surface area (Å²) < 4.78 is 10.6. The molecule has 2 aromatic carbocycles. The molecule has 0 aromatic heterocycles. The molecule has 2 aliphatic heterocycles. The number of imide groups is 1. The van der Waals surface area contributed by atoms with Gasteiger partial charge in [0.25, 0.3) is 11.8 Å². The van der Waals surface area contributed by atoms with Gasteiger partial charge in [-0.3, -0.25) is 19.3 Å². The Bertz CT molecular complexity index is 969. The molecule has 0 aliphatic carbocycles. The van der Waals surface area contributed by atoms with Crippen molar-refractivity contribution in [3.8, 4) is 11.5 Å². The van der Waals surface area contributed by atoms with Gasteiger partial charge in [-0.1, -0.05) is 17.7 Å². The summed E-state index contributed by atoms with van der Waals surface area (Å²) in [6.45, 7) is 3.83. The van der Waals surface area contributed by atoms with E-state index in [2.05, 4.69) is 5.32 Å². The van der Waals surface area contributed by atoms with E-state index in [1.165, 1.54) is 0 Å². The number of benzene rings is 2. The molecular weight excluding hydrogens is 348 g/mol. The fraction of sp³-hybridized carbons (Fsp3) is 0.250. The number of amides is 3. The van der Waals surface area contributed by atoms with Crippen molar-refractivity contribution in [2.45, 2.75) is 26.4 Å². The molecule has 0 saturated carbocycles. The summed E-state index contributed by atoms with van der Waals surface area (Å²) in [5, 5.41) is 2.76. The topological polar surface area (TPSA) is 84.9 Å².